The minimum atomic E-state index is -0.311. The van der Waals surface area contributed by atoms with Crippen LogP contribution in [0.2, 0.25) is 0 Å². The smallest absolute Gasteiger partial charge is 0.124 e. The fourth-order valence-electron chi connectivity index (χ4n) is 1.95. The third-order valence-electron chi connectivity index (χ3n) is 3.07. The summed E-state index contributed by atoms with van der Waals surface area (Å²) in [6, 6.07) is 3.85. The topological polar surface area (TPSA) is 46.2 Å². The summed E-state index contributed by atoms with van der Waals surface area (Å²) in [5, 5.41) is 9.97. The summed E-state index contributed by atoms with van der Waals surface area (Å²) < 4.78 is 0.919. The molecule has 3 heteroatoms. The van der Waals surface area contributed by atoms with Crippen molar-refractivity contribution in [3.05, 3.63) is 27.7 Å². The predicted molar refractivity (Wildman–Crippen MR) is 60.3 cm³/mol. The molecule has 1 aliphatic carbocycles. The highest BCUT2D eigenvalue weighted by molar-refractivity contribution is 9.10. The standard InChI is InChI=1S/C11H14BrNO/c1-7-3-4-8(12)9(10(7)14)11(13)5-2-6-11/h3-4,14H,2,5-6,13H2,1H3. The van der Waals surface area contributed by atoms with Gasteiger partial charge in [0.15, 0.2) is 0 Å². The molecule has 1 fully saturated rings. The van der Waals surface area contributed by atoms with Crippen molar-refractivity contribution in [3.63, 3.8) is 0 Å². The molecule has 0 unspecified atom stereocenters. The van der Waals surface area contributed by atoms with Gasteiger partial charge in [-0.3, -0.25) is 0 Å². The number of phenols is 1. The summed E-state index contributed by atoms with van der Waals surface area (Å²) in [4.78, 5) is 0. The van der Waals surface area contributed by atoms with Gasteiger partial charge in [0.2, 0.25) is 0 Å². The van der Waals surface area contributed by atoms with Crippen molar-refractivity contribution >= 4 is 15.9 Å². The van der Waals surface area contributed by atoms with E-state index in [1.54, 1.807) is 0 Å². The van der Waals surface area contributed by atoms with Gasteiger partial charge in [-0.2, -0.15) is 0 Å². The summed E-state index contributed by atoms with van der Waals surface area (Å²) in [7, 11) is 0. The molecule has 1 aliphatic rings. The molecule has 0 heterocycles. The van der Waals surface area contributed by atoms with Crippen LogP contribution in [0.15, 0.2) is 16.6 Å². The Morgan fingerprint density at radius 3 is 2.57 bits per heavy atom. The zero-order valence-electron chi connectivity index (χ0n) is 8.18. The Morgan fingerprint density at radius 1 is 1.43 bits per heavy atom. The van der Waals surface area contributed by atoms with E-state index in [2.05, 4.69) is 15.9 Å². The van der Waals surface area contributed by atoms with Gasteiger partial charge in [-0.1, -0.05) is 22.0 Å². The van der Waals surface area contributed by atoms with E-state index >= 15 is 0 Å². The van der Waals surface area contributed by atoms with Crippen LogP contribution >= 0.6 is 15.9 Å². The second-order valence-corrected chi connectivity index (χ2v) is 4.95. The third kappa shape index (κ3) is 1.35. The van der Waals surface area contributed by atoms with Crippen molar-refractivity contribution in [2.75, 3.05) is 0 Å². The van der Waals surface area contributed by atoms with Crippen molar-refractivity contribution in [2.45, 2.75) is 31.7 Å². The van der Waals surface area contributed by atoms with Crippen LogP contribution in [0.5, 0.6) is 5.75 Å². The lowest BCUT2D eigenvalue weighted by molar-refractivity contribution is 0.244. The van der Waals surface area contributed by atoms with Gasteiger partial charge in [-0.05, 0) is 37.8 Å². The van der Waals surface area contributed by atoms with Crippen LogP contribution in [0.3, 0.4) is 0 Å². The number of nitrogens with two attached hydrogens (primary N) is 1. The average Bonchev–Trinajstić information content (AvgIpc) is 2.09. The number of aromatic hydroxyl groups is 1. The summed E-state index contributed by atoms with van der Waals surface area (Å²) >= 11 is 3.45. The molecule has 1 aromatic carbocycles. The van der Waals surface area contributed by atoms with E-state index in [4.69, 9.17) is 5.73 Å². The molecular formula is C11H14BrNO. The normalized spacial score (nSPS) is 19.1. The number of halogens is 1. The maximum atomic E-state index is 9.97. The van der Waals surface area contributed by atoms with E-state index in [0.29, 0.717) is 5.75 Å². The first-order chi connectivity index (χ1) is 6.54. The van der Waals surface area contributed by atoms with E-state index in [0.717, 1.165) is 34.9 Å². The second kappa shape index (κ2) is 3.24. The number of hydrogen-bond acceptors (Lipinski definition) is 2. The molecule has 0 aromatic heterocycles. The maximum absolute atomic E-state index is 9.97. The quantitative estimate of drug-likeness (QED) is 0.811. The highest BCUT2D eigenvalue weighted by Gasteiger charge is 2.38. The van der Waals surface area contributed by atoms with Crippen LogP contribution in [0.4, 0.5) is 0 Å². The predicted octanol–water partition coefficient (Wildman–Crippen LogP) is 2.80. The summed E-state index contributed by atoms with van der Waals surface area (Å²) in [6.07, 6.45) is 3.07. The van der Waals surface area contributed by atoms with Crippen LogP contribution in [0, 0.1) is 6.92 Å². The molecule has 3 N–H and O–H groups in total. The van der Waals surface area contributed by atoms with Crippen LogP contribution in [0.1, 0.15) is 30.4 Å². The summed E-state index contributed by atoms with van der Waals surface area (Å²) in [5.74, 6) is 0.349. The molecule has 1 saturated carbocycles. The van der Waals surface area contributed by atoms with Crippen molar-refractivity contribution in [2.24, 2.45) is 5.73 Å². The second-order valence-electron chi connectivity index (χ2n) is 4.10. The Hall–Kier alpha value is -0.540. The van der Waals surface area contributed by atoms with Crippen LogP contribution in [0.25, 0.3) is 0 Å². The Morgan fingerprint density at radius 2 is 2.07 bits per heavy atom. The number of aryl methyl sites for hydroxylation is 1. The van der Waals surface area contributed by atoms with Gasteiger partial charge in [0.1, 0.15) is 5.75 Å². The van der Waals surface area contributed by atoms with Crippen molar-refractivity contribution in [3.8, 4) is 5.75 Å². The molecule has 76 valence electrons. The molecule has 14 heavy (non-hydrogen) atoms. The van der Waals surface area contributed by atoms with Crippen molar-refractivity contribution in [1.82, 2.24) is 0 Å². The highest BCUT2D eigenvalue weighted by atomic mass is 79.9. The molecule has 0 amide bonds. The lowest BCUT2D eigenvalue weighted by Gasteiger charge is -2.39. The van der Waals surface area contributed by atoms with Crippen LogP contribution in [-0.2, 0) is 5.54 Å². The van der Waals surface area contributed by atoms with E-state index in [-0.39, 0.29) is 5.54 Å². The summed E-state index contributed by atoms with van der Waals surface area (Å²) in [6.45, 7) is 1.90. The minimum Gasteiger partial charge on any atom is -0.507 e. The highest BCUT2D eigenvalue weighted by Crippen LogP contribution is 2.46. The molecule has 0 spiro atoms. The first kappa shape index (κ1) is 9.99. The lowest BCUT2D eigenvalue weighted by Crippen LogP contribution is -2.43. The molecule has 2 rings (SSSR count). The number of hydrogen-bond donors (Lipinski definition) is 2. The Balaban J connectivity index is 2.56. The molecule has 0 bridgehead atoms. The fraction of sp³-hybridized carbons (Fsp3) is 0.455. The van der Waals surface area contributed by atoms with E-state index in [9.17, 15) is 5.11 Å². The van der Waals surface area contributed by atoms with Gasteiger partial charge in [-0.15, -0.1) is 0 Å². The zero-order valence-corrected chi connectivity index (χ0v) is 9.76. The zero-order chi connectivity index (χ0) is 10.3. The van der Waals surface area contributed by atoms with E-state index in [1.807, 2.05) is 19.1 Å². The molecule has 2 nitrogen and oxygen atoms in total. The third-order valence-corrected chi connectivity index (χ3v) is 3.73. The van der Waals surface area contributed by atoms with Gasteiger partial charge >= 0.3 is 0 Å². The van der Waals surface area contributed by atoms with E-state index < -0.39 is 0 Å². The monoisotopic (exact) mass is 255 g/mol. The fourth-order valence-corrected chi connectivity index (χ4v) is 2.67. The number of rotatable bonds is 1. The minimum absolute atomic E-state index is 0.311. The Labute approximate surface area is 92.3 Å². The molecule has 0 saturated heterocycles. The molecule has 1 aromatic rings. The van der Waals surface area contributed by atoms with Gasteiger partial charge in [0.05, 0.1) is 0 Å². The number of benzene rings is 1. The van der Waals surface area contributed by atoms with Crippen LogP contribution in [-0.4, -0.2) is 5.11 Å². The first-order valence-electron chi connectivity index (χ1n) is 4.82. The Bertz CT molecular complexity index is 372. The maximum Gasteiger partial charge on any atom is 0.124 e. The SMILES string of the molecule is Cc1ccc(Br)c(C2(N)CCC2)c1O. The van der Waals surface area contributed by atoms with Gasteiger partial charge in [0.25, 0.3) is 0 Å². The Kier molecular flexibility index (Phi) is 2.32. The van der Waals surface area contributed by atoms with Crippen molar-refractivity contribution in [1.29, 1.82) is 0 Å². The molecule has 0 radical (unpaired) electrons. The first-order valence-corrected chi connectivity index (χ1v) is 5.61. The molecule has 0 aliphatic heterocycles. The average molecular weight is 256 g/mol. The van der Waals surface area contributed by atoms with Crippen LogP contribution < -0.4 is 5.73 Å². The van der Waals surface area contributed by atoms with Crippen molar-refractivity contribution < 1.29 is 5.11 Å². The molecule has 0 atom stereocenters. The van der Waals surface area contributed by atoms with E-state index in [1.165, 1.54) is 0 Å². The van der Waals surface area contributed by atoms with Gasteiger partial charge < -0.3 is 10.8 Å². The number of phenolic OH excluding ortho intramolecular Hbond substituents is 1. The van der Waals surface area contributed by atoms with Gasteiger partial charge in [-0.25, -0.2) is 0 Å². The summed E-state index contributed by atoms with van der Waals surface area (Å²) in [5.41, 5.74) is 7.66. The van der Waals surface area contributed by atoms with Gasteiger partial charge in [0, 0.05) is 15.6 Å². The molecular weight excluding hydrogens is 242 g/mol. The lowest BCUT2D eigenvalue weighted by atomic mass is 9.72. The largest absolute Gasteiger partial charge is 0.507 e.